The van der Waals surface area contributed by atoms with Gasteiger partial charge in [0, 0.05) is 6.04 Å². The van der Waals surface area contributed by atoms with Crippen molar-refractivity contribution in [1.29, 1.82) is 0 Å². The van der Waals surface area contributed by atoms with Crippen LogP contribution in [0.1, 0.15) is 36.9 Å². The number of benzene rings is 2. The van der Waals surface area contributed by atoms with Gasteiger partial charge in [0.2, 0.25) is 0 Å². The predicted molar refractivity (Wildman–Crippen MR) is 86.4 cm³/mol. The molecular formula is C19H23NO. The average Bonchev–Trinajstić information content (AvgIpc) is 2.55. The smallest absolute Gasteiger partial charge is 0.119 e. The van der Waals surface area contributed by atoms with E-state index in [9.17, 15) is 0 Å². The highest BCUT2D eigenvalue weighted by Crippen LogP contribution is 2.27. The van der Waals surface area contributed by atoms with Gasteiger partial charge in [-0.25, -0.2) is 0 Å². The highest BCUT2D eigenvalue weighted by molar-refractivity contribution is 5.30. The maximum absolute atomic E-state index is 5.83. The van der Waals surface area contributed by atoms with Crippen molar-refractivity contribution in [3.05, 3.63) is 65.7 Å². The van der Waals surface area contributed by atoms with Crippen LogP contribution in [0.4, 0.5) is 0 Å². The molecular weight excluding hydrogens is 258 g/mol. The van der Waals surface area contributed by atoms with Crippen LogP contribution in [0.5, 0.6) is 5.75 Å². The summed E-state index contributed by atoms with van der Waals surface area (Å²) in [5, 5.41) is 3.62. The third-order valence-electron chi connectivity index (χ3n) is 4.19. The van der Waals surface area contributed by atoms with Crippen molar-refractivity contribution in [2.45, 2.75) is 32.4 Å². The topological polar surface area (TPSA) is 21.3 Å². The lowest BCUT2D eigenvalue weighted by Gasteiger charge is -2.28. The fourth-order valence-electron chi connectivity index (χ4n) is 2.82. The molecule has 1 aliphatic heterocycles. The number of hydrogen-bond donors (Lipinski definition) is 1. The molecule has 1 aliphatic rings. The van der Waals surface area contributed by atoms with Crippen molar-refractivity contribution in [2.75, 3.05) is 6.54 Å². The van der Waals surface area contributed by atoms with E-state index < -0.39 is 0 Å². The highest BCUT2D eigenvalue weighted by atomic mass is 16.5. The second kappa shape index (κ2) is 6.77. The number of hydrogen-bond acceptors (Lipinski definition) is 2. The van der Waals surface area contributed by atoms with Gasteiger partial charge in [-0.3, -0.25) is 0 Å². The van der Waals surface area contributed by atoms with Crippen molar-refractivity contribution < 1.29 is 4.74 Å². The zero-order valence-corrected chi connectivity index (χ0v) is 12.6. The van der Waals surface area contributed by atoms with Crippen LogP contribution in [0.3, 0.4) is 0 Å². The molecule has 0 bridgehead atoms. The van der Waals surface area contributed by atoms with Crippen molar-refractivity contribution in [2.24, 2.45) is 5.92 Å². The molecule has 2 nitrogen and oxygen atoms in total. The van der Waals surface area contributed by atoms with Gasteiger partial charge < -0.3 is 10.1 Å². The zero-order chi connectivity index (χ0) is 14.5. The Labute approximate surface area is 127 Å². The molecule has 1 saturated heterocycles. The third-order valence-corrected chi connectivity index (χ3v) is 4.19. The minimum Gasteiger partial charge on any atom is -0.489 e. The molecule has 3 rings (SSSR count). The zero-order valence-electron chi connectivity index (χ0n) is 12.6. The first-order valence-electron chi connectivity index (χ1n) is 7.81. The van der Waals surface area contributed by atoms with Crippen LogP contribution in [0.25, 0.3) is 0 Å². The van der Waals surface area contributed by atoms with E-state index in [1.165, 1.54) is 24.0 Å². The van der Waals surface area contributed by atoms with Crippen molar-refractivity contribution in [3.8, 4) is 5.75 Å². The van der Waals surface area contributed by atoms with Crippen LogP contribution < -0.4 is 10.1 Å². The molecule has 0 aromatic heterocycles. The Hall–Kier alpha value is -1.80. The number of piperidine rings is 1. The van der Waals surface area contributed by atoms with Crippen LogP contribution in [-0.4, -0.2) is 6.54 Å². The minimum absolute atomic E-state index is 0.504. The molecule has 1 heterocycles. The lowest BCUT2D eigenvalue weighted by atomic mass is 9.92. The van der Waals surface area contributed by atoms with E-state index in [1.54, 1.807) is 0 Å². The molecule has 0 unspecified atom stereocenters. The van der Waals surface area contributed by atoms with Gasteiger partial charge in [0.1, 0.15) is 12.4 Å². The molecule has 2 aromatic rings. The third kappa shape index (κ3) is 3.85. The molecule has 110 valence electrons. The Morgan fingerprint density at radius 3 is 2.43 bits per heavy atom. The molecule has 0 aliphatic carbocycles. The standard InChI is InChI=1S/C19H23NO/c1-15-7-12-19(20-13-15)17-8-10-18(11-9-17)21-14-16-5-3-2-4-6-16/h2-6,8-11,15,19-20H,7,12-14H2,1H3/t15-,19+/m0/s1. The summed E-state index contributed by atoms with van der Waals surface area (Å²) in [5.41, 5.74) is 2.57. The number of nitrogens with one attached hydrogen (secondary N) is 1. The minimum atomic E-state index is 0.504. The fraction of sp³-hybridized carbons (Fsp3) is 0.368. The van der Waals surface area contributed by atoms with Crippen LogP contribution in [0.2, 0.25) is 0 Å². The summed E-state index contributed by atoms with van der Waals surface area (Å²) in [4.78, 5) is 0. The molecule has 1 N–H and O–H groups in total. The molecule has 0 radical (unpaired) electrons. The van der Waals surface area contributed by atoms with Crippen molar-refractivity contribution in [1.82, 2.24) is 5.32 Å². The van der Waals surface area contributed by atoms with Crippen molar-refractivity contribution >= 4 is 0 Å². The van der Waals surface area contributed by atoms with Gasteiger partial charge in [-0.05, 0) is 48.6 Å². The average molecular weight is 281 g/mol. The Morgan fingerprint density at radius 1 is 1.00 bits per heavy atom. The van der Waals surface area contributed by atoms with Gasteiger partial charge in [-0.15, -0.1) is 0 Å². The van der Waals surface area contributed by atoms with E-state index in [0.717, 1.165) is 18.2 Å². The maximum Gasteiger partial charge on any atom is 0.119 e. The first kappa shape index (κ1) is 14.2. The van der Waals surface area contributed by atoms with E-state index in [1.807, 2.05) is 18.2 Å². The van der Waals surface area contributed by atoms with E-state index in [0.29, 0.717) is 12.6 Å². The Balaban J connectivity index is 1.57. The van der Waals surface area contributed by atoms with E-state index in [2.05, 4.69) is 48.6 Å². The van der Waals surface area contributed by atoms with Gasteiger partial charge in [0.25, 0.3) is 0 Å². The largest absolute Gasteiger partial charge is 0.489 e. The monoisotopic (exact) mass is 281 g/mol. The lowest BCUT2D eigenvalue weighted by Crippen LogP contribution is -2.31. The van der Waals surface area contributed by atoms with Gasteiger partial charge in [0.15, 0.2) is 0 Å². The Kier molecular flexibility index (Phi) is 4.56. The summed E-state index contributed by atoms with van der Waals surface area (Å²) < 4.78 is 5.83. The van der Waals surface area contributed by atoms with E-state index in [4.69, 9.17) is 4.74 Å². The summed E-state index contributed by atoms with van der Waals surface area (Å²) in [6.07, 6.45) is 2.54. The summed E-state index contributed by atoms with van der Waals surface area (Å²) in [6.45, 7) is 4.06. The molecule has 0 saturated carbocycles. The van der Waals surface area contributed by atoms with Crippen LogP contribution >= 0.6 is 0 Å². The first-order valence-corrected chi connectivity index (χ1v) is 7.81. The number of ether oxygens (including phenoxy) is 1. The quantitative estimate of drug-likeness (QED) is 0.901. The summed E-state index contributed by atoms with van der Waals surface area (Å²) in [7, 11) is 0. The van der Waals surface area contributed by atoms with Gasteiger partial charge in [-0.1, -0.05) is 49.4 Å². The molecule has 2 heteroatoms. The number of rotatable bonds is 4. The van der Waals surface area contributed by atoms with Crippen LogP contribution in [0, 0.1) is 5.92 Å². The molecule has 0 spiro atoms. The van der Waals surface area contributed by atoms with Crippen LogP contribution in [0.15, 0.2) is 54.6 Å². The molecule has 2 atom stereocenters. The first-order chi connectivity index (χ1) is 10.3. The normalized spacial score (nSPS) is 22.0. The Bertz CT molecular complexity index is 542. The van der Waals surface area contributed by atoms with Gasteiger partial charge in [-0.2, -0.15) is 0 Å². The summed E-state index contributed by atoms with van der Waals surface area (Å²) in [5.74, 6) is 1.74. The summed E-state index contributed by atoms with van der Waals surface area (Å²) in [6, 6.07) is 19.3. The second-order valence-electron chi connectivity index (χ2n) is 5.99. The maximum atomic E-state index is 5.83. The van der Waals surface area contributed by atoms with E-state index >= 15 is 0 Å². The lowest BCUT2D eigenvalue weighted by molar-refractivity contribution is 0.305. The SMILES string of the molecule is C[C@H]1CC[C@H](c2ccc(OCc3ccccc3)cc2)NC1. The molecule has 0 amide bonds. The van der Waals surface area contributed by atoms with Gasteiger partial charge in [0.05, 0.1) is 0 Å². The predicted octanol–water partition coefficient (Wildman–Crippen LogP) is 4.33. The molecule has 21 heavy (non-hydrogen) atoms. The van der Waals surface area contributed by atoms with Gasteiger partial charge >= 0.3 is 0 Å². The van der Waals surface area contributed by atoms with E-state index in [-0.39, 0.29) is 0 Å². The Morgan fingerprint density at radius 2 is 1.76 bits per heavy atom. The fourth-order valence-corrected chi connectivity index (χ4v) is 2.82. The molecule has 1 fully saturated rings. The van der Waals surface area contributed by atoms with Crippen LogP contribution in [-0.2, 0) is 6.61 Å². The van der Waals surface area contributed by atoms with Crippen molar-refractivity contribution in [3.63, 3.8) is 0 Å². The summed E-state index contributed by atoms with van der Waals surface area (Å²) >= 11 is 0. The molecule has 2 aromatic carbocycles. The highest BCUT2D eigenvalue weighted by Gasteiger charge is 2.18. The second-order valence-corrected chi connectivity index (χ2v) is 5.99.